The van der Waals surface area contributed by atoms with Gasteiger partial charge in [0.2, 0.25) is 5.91 Å². The predicted molar refractivity (Wildman–Crippen MR) is 77.8 cm³/mol. The largest absolute Gasteiger partial charge is 0.326 e. The molecule has 3 heteroatoms. The van der Waals surface area contributed by atoms with Crippen LogP contribution in [0.4, 0.5) is 5.69 Å². The second-order valence-electron chi connectivity index (χ2n) is 5.14. The number of anilines is 1. The van der Waals surface area contributed by atoms with Gasteiger partial charge in [0.25, 0.3) is 0 Å². The van der Waals surface area contributed by atoms with Crippen molar-refractivity contribution in [2.45, 2.75) is 26.2 Å². The summed E-state index contributed by atoms with van der Waals surface area (Å²) in [6, 6.07) is 7.43. The lowest BCUT2D eigenvalue weighted by Gasteiger charge is -2.26. The van der Waals surface area contributed by atoms with Gasteiger partial charge in [-0.3, -0.25) is 4.79 Å². The third kappa shape index (κ3) is 2.97. The van der Waals surface area contributed by atoms with Crippen LogP contribution in [0.5, 0.6) is 0 Å². The Morgan fingerprint density at radius 3 is 3.05 bits per heavy atom. The maximum atomic E-state index is 12.5. The van der Waals surface area contributed by atoms with Gasteiger partial charge < -0.3 is 10.6 Å². The minimum absolute atomic E-state index is 0.105. The van der Waals surface area contributed by atoms with Crippen LogP contribution in [0.15, 0.2) is 24.3 Å². The van der Waals surface area contributed by atoms with Gasteiger partial charge in [0.05, 0.1) is 5.41 Å². The fourth-order valence-corrected chi connectivity index (χ4v) is 2.69. The molecule has 1 heterocycles. The quantitative estimate of drug-likeness (QED) is 0.812. The van der Waals surface area contributed by atoms with Gasteiger partial charge in [0, 0.05) is 17.8 Å². The molecule has 1 saturated heterocycles. The zero-order valence-electron chi connectivity index (χ0n) is 11.3. The normalized spacial score (nSPS) is 21.9. The first-order chi connectivity index (χ1) is 9.20. The molecule has 19 heavy (non-hydrogen) atoms. The van der Waals surface area contributed by atoms with E-state index < -0.39 is 0 Å². The third-order valence-electron chi connectivity index (χ3n) is 3.74. The molecule has 0 aliphatic carbocycles. The van der Waals surface area contributed by atoms with Crippen molar-refractivity contribution < 1.29 is 4.79 Å². The molecule has 1 aliphatic heterocycles. The molecule has 0 aromatic heterocycles. The number of amides is 1. The van der Waals surface area contributed by atoms with Crippen molar-refractivity contribution in [3.8, 4) is 12.3 Å². The Morgan fingerprint density at radius 1 is 1.58 bits per heavy atom. The molecule has 1 aromatic carbocycles. The number of hydrogen-bond acceptors (Lipinski definition) is 2. The fraction of sp³-hybridized carbons (Fsp3) is 0.438. The first-order valence-electron chi connectivity index (χ1n) is 6.79. The van der Waals surface area contributed by atoms with E-state index in [2.05, 4.69) is 23.5 Å². The summed E-state index contributed by atoms with van der Waals surface area (Å²) in [5, 5.41) is 6.30. The number of carbonyl (C=O) groups excluding carboxylic acids is 1. The second kappa shape index (κ2) is 5.90. The highest BCUT2D eigenvalue weighted by Crippen LogP contribution is 2.32. The minimum atomic E-state index is -0.263. The van der Waals surface area contributed by atoms with E-state index in [0.29, 0.717) is 0 Å². The highest BCUT2D eigenvalue weighted by molar-refractivity contribution is 5.95. The zero-order chi connectivity index (χ0) is 13.7. The number of hydrogen-bond donors (Lipinski definition) is 2. The van der Waals surface area contributed by atoms with Crippen LogP contribution in [-0.2, 0) is 4.79 Å². The number of rotatable bonds is 4. The molecule has 0 radical (unpaired) electrons. The standard InChI is InChI=1S/C16H20N2O/c1-3-8-16(9-10-17-12-16)15(19)18-14-7-5-6-13(4-2)11-14/h2,5-7,11,17H,3,8-10,12H2,1H3,(H,18,19). The lowest BCUT2D eigenvalue weighted by Crippen LogP contribution is -2.38. The van der Waals surface area contributed by atoms with Gasteiger partial charge in [0.15, 0.2) is 0 Å². The van der Waals surface area contributed by atoms with Crippen molar-refractivity contribution in [3.05, 3.63) is 29.8 Å². The van der Waals surface area contributed by atoms with Gasteiger partial charge in [-0.15, -0.1) is 6.42 Å². The van der Waals surface area contributed by atoms with E-state index in [-0.39, 0.29) is 11.3 Å². The molecule has 0 spiro atoms. The summed E-state index contributed by atoms with van der Waals surface area (Å²) in [4.78, 5) is 12.5. The van der Waals surface area contributed by atoms with Crippen LogP contribution >= 0.6 is 0 Å². The molecule has 1 atom stereocenters. The van der Waals surface area contributed by atoms with Crippen molar-refractivity contribution in [1.82, 2.24) is 5.32 Å². The summed E-state index contributed by atoms with van der Waals surface area (Å²) < 4.78 is 0. The maximum Gasteiger partial charge on any atom is 0.231 e. The van der Waals surface area contributed by atoms with E-state index in [1.807, 2.05) is 24.3 Å². The van der Waals surface area contributed by atoms with Crippen LogP contribution in [0, 0.1) is 17.8 Å². The molecule has 100 valence electrons. The summed E-state index contributed by atoms with van der Waals surface area (Å²) in [6.07, 6.45) is 8.21. The summed E-state index contributed by atoms with van der Waals surface area (Å²) in [7, 11) is 0. The predicted octanol–water partition coefficient (Wildman–Crippen LogP) is 2.39. The molecular formula is C16H20N2O. The Kier molecular flexibility index (Phi) is 4.24. The molecule has 0 bridgehead atoms. The first kappa shape index (κ1) is 13.6. The highest BCUT2D eigenvalue weighted by atomic mass is 16.2. The van der Waals surface area contributed by atoms with Gasteiger partial charge in [-0.05, 0) is 37.6 Å². The van der Waals surface area contributed by atoms with Crippen LogP contribution < -0.4 is 10.6 Å². The van der Waals surface area contributed by atoms with Crippen LogP contribution in [0.25, 0.3) is 0 Å². The SMILES string of the molecule is C#Cc1cccc(NC(=O)C2(CCC)CCNC2)c1. The van der Waals surface area contributed by atoms with Crippen molar-refractivity contribution in [2.75, 3.05) is 18.4 Å². The van der Waals surface area contributed by atoms with Gasteiger partial charge in [-0.25, -0.2) is 0 Å². The number of nitrogens with one attached hydrogen (secondary N) is 2. The Labute approximate surface area is 114 Å². The first-order valence-corrected chi connectivity index (χ1v) is 6.79. The number of benzene rings is 1. The zero-order valence-corrected chi connectivity index (χ0v) is 11.3. The van der Waals surface area contributed by atoms with Crippen LogP contribution in [0.2, 0.25) is 0 Å². The Morgan fingerprint density at radius 2 is 2.42 bits per heavy atom. The topological polar surface area (TPSA) is 41.1 Å². The average Bonchev–Trinajstić information content (AvgIpc) is 2.89. The van der Waals surface area contributed by atoms with Crippen molar-refractivity contribution in [1.29, 1.82) is 0 Å². The van der Waals surface area contributed by atoms with Crippen LogP contribution in [0.1, 0.15) is 31.7 Å². The average molecular weight is 256 g/mol. The maximum absolute atomic E-state index is 12.5. The molecule has 0 saturated carbocycles. The third-order valence-corrected chi connectivity index (χ3v) is 3.74. The molecule has 2 rings (SSSR count). The molecule has 1 aliphatic rings. The molecule has 1 aromatic rings. The van der Waals surface area contributed by atoms with Gasteiger partial charge in [-0.2, -0.15) is 0 Å². The van der Waals surface area contributed by atoms with Crippen molar-refractivity contribution >= 4 is 11.6 Å². The lowest BCUT2D eigenvalue weighted by molar-refractivity contribution is -0.125. The number of terminal acetylenes is 1. The minimum Gasteiger partial charge on any atom is -0.326 e. The van der Waals surface area contributed by atoms with E-state index in [4.69, 9.17) is 6.42 Å². The summed E-state index contributed by atoms with van der Waals surface area (Å²) in [5.74, 6) is 2.69. The van der Waals surface area contributed by atoms with Crippen LogP contribution in [-0.4, -0.2) is 19.0 Å². The molecule has 1 unspecified atom stereocenters. The van der Waals surface area contributed by atoms with Crippen LogP contribution in [0.3, 0.4) is 0 Å². The monoisotopic (exact) mass is 256 g/mol. The van der Waals surface area contributed by atoms with E-state index in [1.54, 1.807) is 0 Å². The van der Waals surface area contributed by atoms with Gasteiger partial charge in [-0.1, -0.05) is 25.3 Å². The number of carbonyl (C=O) groups is 1. The molecular weight excluding hydrogens is 236 g/mol. The Balaban J connectivity index is 2.13. The summed E-state index contributed by atoms with van der Waals surface area (Å²) in [5.41, 5.74) is 1.30. The van der Waals surface area contributed by atoms with Gasteiger partial charge in [0.1, 0.15) is 0 Å². The van der Waals surface area contributed by atoms with Gasteiger partial charge >= 0.3 is 0 Å². The van der Waals surface area contributed by atoms with E-state index in [1.165, 1.54) is 0 Å². The molecule has 1 amide bonds. The van der Waals surface area contributed by atoms with E-state index in [9.17, 15) is 4.79 Å². The Bertz CT molecular complexity index is 496. The van der Waals surface area contributed by atoms with Crippen molar-refractivity contribution in [2.24, 2.45) is 5.41 Å². The van der Waals surface area contributed by atoms with E-state index >= 15 is 0 Å². The summed E-state index contributed by atoms with van der Waals surface area (Å²) >= 11 is 0. The lowest BCUT2D eigenvalue weighted by atomic mass is 9.81. The fourth-order valence-electron chi connectivity index (χ4n) is 2.69. The van der Waals surface area contributed by atoms with Crippen molar-refractivity contribution in [3.63, 3.8) is 0 Å². The smallest absolute Gasteiger partial charge is 0.231 e. The molecule has 2 N–H and O–H groups in total. The van der Waals surface area contributed by atoms with E-state index in [0.717, 1.165) is 43.6 Å². The summed E-state index contributed by atoms with van der Waals surface area (Å²) in [6.45, 7) is 3.80. The highest BCUT2D eigenvalue weighted by Gasteiger charge is 2.40. The second-order valence-corrected chi connectivity index (χ2v) is 5.14. The molecule has 1 fully saturated rings. The molecule has 3 nitrogen and oxygen atoms in total. The Hall–Kier alpha value is -1.79.